The molecule has 1 unspecified atom stereocenters. The molecule has 0 saturated heterocycles. The maximum atomic E-state index is 11.7. The third-order valence-electron chi connectivity index (χ3n) is 4.05. The molecule has 0 aromatic heterocycles. The van der Waals surface area contributed by atoms with Crippen LogP contribution in [0.5, 0.6) is 0 Å². The fourth-order valence-corrected chi connectivity index (χ4v) is 3.61. The summed E-state index contributed by atoms with van der Waals surface area (Å²) in [6, 6.07) is 5.47. The Morgan fingerprint density at radius 3 is 2.58 bits per heavy atom. The fraction of sp³-hybridized carbons (Fsp3) is 0.571. The molecule has 0 amide bonds. The number of benzene rings is 1. The Morgan fingerprint density at radius 1 is 1.37 bits per heavy atom. The summed E-state index contributed by atoms with van der Waals surface area (Å²) in [6.45, 7) is 4.46. The first-order valence-corrected chi connectivity index (χ1v) is 8.46. The molecule has 4 nitrogen and oxygen atoms in total. The van der Waals surface area contributed by atoms with Crippen LogP contribution in [0.1, 0.15) is 33.1 Å². The second-order valence-corrected chi connectivity index (χ2v) is 8.05. The Kier molecular flexibility index (Phi) is 3.51. The van der Waals surface area contributed by atoms with Gasteiger partial charge in [-0.1, -0.05) is 26.3 Å². The first-order chi connectivity index (χ1) is 8.72. The largest absolute Gasteiger partial charge is 0.396 e. The van der Waals surface area contributed by atoms with E-state index in [-0.39, 0.29) is 10.3 Å². The van der Waals surface area contributed by atoms with E-state index in [1.807, 2.05) is 6.07 Å². The molecule has 0 spiro atoms. The van der Waals surface area contributed by atoms with Gasteiger partial charge in [0.25, 0.3) is 0 Å². The first kappa shape index (κ1) is 14.2. The number of rotatable bonds is 3. The zero-order valence-corrected chi connectivity index (χ0v) is 12.5. The lowest BCUT2D eigenvalue weighted by molar-refractivity contribution is 0.350. The van der Waals surface area contributed by atoms with Crippen LogP contribution in [0.15, 0.2) is 23.1 Å². The Labute approximate surface area is 115 Å². The van der Waals surface area contributed by atoms with Crippen LogP contribution in [0.25, 0.3) is 0 Å². The fourth-order valence-electron chi connectivity index (χ4n) is 2.78. The van der Waals surface area contributed by atoms with Crippen LogP contribution in [0.4, 0.5) is 11.4 Å². The summed E-state index contributed by atoms with van der Waals surface area (Å²) in [5, 5.41) is 3.42. The van der Waals surface area contributed by atoms with E-state index in [0.29, 0.717) is 11.7 Å². The highest BCUT2D eigenvalue weighted by Gasteiger charge is 2.34. The van der Waals surface area contributed by atoms with Gasteiger partial charge in [0.05, 0.1) is 16.3 Å². The third kappa shape index (κ3) is 2.86. The number of anilines is 2. The van der Waals surface area contributed by atoms with Gasteiger partial charge in [-0.25, -0.2) is 8.42 Å². The van der Waals surface area contributed by atoms with Gasteiger partial charge in [0, 0.05) is 12.3 Å². The van der Waals surface area contributed by atoms with Crippen LogP contribution in [0.3, 0.4) is 0 Å². The molecular weight excluding hydrogens is 260 g/mol. The van der Waals surface area contributed by atoms with E-state index in [1.54, 1.807) is 12.1 Å². The van der Waals surface area contributed by atoms with Gasteiger partial charge in [0.1, 0.15) is 0 Å². The molecule has 19 heavy (non-hydrogen) atoms. The molecule has 1 aliphatic carbocycles. The van der Waals surface area contributed by atoms with Crippen molar-refractivity contribution in [1.82, 2.24) is 0 Å². The predicted octanol–water partition coefficient (Wildman–Crippen LogP) is 2.66. The average Bonchev–Trinajstić information content (AvgIpc) is 2.59. The molecule has 1 fully saturated rings. The van der Waals surface area contributed by atoms with Crippen LogP contribution in [-0.4, -0.2) is 20.7 Å². The summed E-state index contributed by atoms with van der Waals surface area (Å²) in [5.74, 6) is 0. The molecule has 0 bridgehead atoms. The molecule has 5 heteroatoms. The standard InChI is InChI=1S/C14H22N2O2S/c1-14(2)9-5-8-12(14)16-10-6-4-7-11(13(10)15)19(3,17)18/h4,6-7,12,16H,5,8-9,15H2,1-3H3. The Morgan fingerprint density at radius 2 is 2.05 bits per heavy atom. The Hall–Kier alpha value is -1.23. The van der Waals surface area contributed by atoms with Gasteiger partial charge in [-0.3, -0.25) is 0 Å². The minimum atomic E-state index is -3.28. The van der Waals surface area contributed by atoms with Crippen molar-refractivity contribution >= 4 is 21.2 Å². The second kappa shape index (κ2) is 4.71. The lowest BCUT2D eigenvalue weighted by Gasteiger charge is -2.29. The van der Waals surface area contributed by atoms with Crippen LogP contribution in [-0.2, 0) is 9.84 Å². The molecule has 1 aromatic carbocycles. The van der Waals surface area contributed by atoms with Gasteiger partial charge in [-0.15, -0.1) is 0 Å². The monoisotopic (exact) mass is 282 g/mol. The number of nitrogens with two attached hydrogens (primary N) is 1. The summed E-state index contributed by atoms with van der Waals surface area (Å²) in [5.41, 5.74) is 7.26. The van der Waals surface area contributed by atoms with Crippen LogP contribution < -0.4 is 11.1 Å². The van der Waals surface area contributed by atoms with Crippen molar-refractivity contribution in [2.45, 2.75) is 44.0 Å². The molecule has 2 rings (SSSR count). The molecular formula is C14H22N2O2S. The molecule has 1 saturated carbocycles. The summed E-state index contributed by atoms with van der Waals surface area (Å²) in [7, 11) is -3.28. The van der Waals surface area contributed by atoms with Crippen LogP contribution in [0, 0.1) is 5.41 Å². The Balaban J connectivity index is 2.32. The van der Waals surface area contributed by atoms with Crippen molar-refractivity contribution in [2.24, 2.45) is 5.41 Å². The summed E-state index contributed by atoms with van der Waals surface area (Å²) >= 11 is 0. The summed E-state index contributed by atoms with van der Waals surface area (Å²) in [6.07, 6.45) is 4.64. The van der Waals surface area contributed by atoms with E-state index >= 15 is 0 Å². The van der Waals surface area contributed by atoms with Crippen molar-refractivity contribution in [1.29, 1.82) is 0 Å². The third-order valence-corrected chi connectivity index (χ3v) is 5.21. The van der Waals surface area contributed by atoms with Gasteiger partial charge in [-0.2, -0.15) is 0 Å². The number of sulfone groups is 1. The van der Waals surface area contributed by atoms with E-state index in [4.69, 9.17) is 5.73 Å². The van der Waals surface area contributed by atoms with E-state index in [1.165, 1.54) is 19.1 Å². The first-order valence-electron chi connectivity index (χ1n) is 6.57. The van der Waals surface area contributed by atoms with E-state index in [2.05, 4.69) is 19.2 Å². The van der Waals surface area contributed by atoms with Crippen molar-refractivity contribution in [3.63, 3.8) is 0 Å². The number of hydrogen-bond acceptors (Lipinski definition) is 4. The maximum absolute atomic E-state index is 11.7. The molecule has 3 N–H and O–H groups in total. The van der Waals surface area contributed by atoms with Crippen molar-refractivity contribution < 1.29 is 8.42 Å². The second-order valence-electron chi connectivity index (χ2n) is 6.07. The van der Waals surface area contributed by atoms with Crippen LogP contribution in [0.2, 0.25) is 0 Å². The topological polar surface area (TPSA) is 72.2 Å². The summed E-state index contributed by atoms with van der Waals surface area (Å²) < 4.78 is 23.3. The highest BCUT2D eigenvalue weighted by atomic mass is 32.2. The number of nitrogens with one attached hydrogen (secondary N) is 1. The van der Waals surface area contributed by atoms with Gasteiger partial charge < -0.3 is 11.1 Å². The van der Waals surface area contributed by atoms with Crippen LogP contribution >= 0.6 is 0 Å². The van der Waals surface area contributed by atoms with Gasteiger partial charge >= 0.3 is 0 Å². The normalized spacial score (nSPS) is 22.4. The SMILES string of the molecule is CC1(C)CCCC1Nc1cccc(S(C)(=O)=O)c1N. The maximum Gasteiger partial charge on any atom is 0.177 e. The molecule has 1 aromatic rings. The van der Waals surface area contributed by atoms with E-state index in [9.17, 15) is 8.42 Å². The number of nitrogen functional groups attached to an aromatic ring is 1. The zero-order valence-electron chi connectivity index (χ0n) is 11.7. The summed E-state index contributed by atoms with van der Waals surface area (Å²) in [4.78, 5) is 0.202. The molecule has 1 aliphatic rings. The van der Waals surface area contributed by atoms with Gasteiger partial charge in [0.15, 0.2) is 9.84 Å². The lowest BCUT2D eigenvalue weighted by Crippen LogP contribution is -2.31. The van der Waals surface area contributed by atoms with Crippen molar-refractivity contribution in [3.8, 4) is 0 Å². The Bertz CT molecular complexity index is 579. The lowest BCUT2D eigenvalue weighted by atomic mass is 9.87. The van der Waals surface area contributed by atoms with Gasteiger partial charge in [-0.05, 0) is 30.4 Å². The van der Waals surface area contributed by atoms with E-state index in [0.717, 1.165) is 12.1 Å². The average molecular weight is 282 g/mol. The molecule has 1 atom stereocenters. The molecule has 0 aliphatic heterocycles. The quantitative estimate of drug-likeness (QED) is 0.836. The number of para-hydroxylation sites is 1. The van der Waals surface area contributed by atoms with Crippen molar-refractivity contribution in [2.75, 3.05) is 17.3 Å². The minimum absolute atomic E-state index is 0.202. The number of hydrogen-bond donors (Lipinski definition) is 2. The van der Waals surface area contributed by atoms with Crippen molar-refractivity contribution in [3.05, 3.63) is 18.2 Å². The zero-order chi connectivity index (χ0) is 14.3. The highest BCUT2D eigenvalue weighted by molar-refractivity contribution is 7.90. The predicted molar refractivity (Wildman–Crippen MR) is 79.0 cm³/mol. The van der Waals surface area contributed by atoms with E-state index < -0.39 is 9.84 Å². The van der Waals surface area contributed by atoms with Gasteiger partial charge in [0.2, 0.25) is 0 Å². The molecule has 0 radical (unpaired) electrons. The molecule has 106 valence electrons. The smallest absolute Gasteiger partial charge is 0.177 e. The highest BCUT2D eigenvalue weighted by Crippen LogP contribution is 2.40. The minimum Gasteiger partial charge on any atom is -0.396 e. The molecule has 0 heterocycles.